The summed E-state index contributed by atoms with van der Waals surface area (Å²) in [5.74, 6) is 2.54. The van der Waals surface area contributed by atoms with Gasteiger partial charge in [-0.3, -0.25) is 9.69 Å². The molecular weight excluding hydrogens is 448 g/mol. The van der Waals surface area contributed by atoms with Crippen LogP contribution in [0.15, 0.2) is 63.7 Å². The maximum Gasteiger partial charge on any atom is 0.283 e. The SMILES string of the molecule is CCCc1noc(CSC2=N/C(=C\c3ccc(C(C)C)cc3)C(=O)N2c2cccc(OC)c2)n1. The van der Waals surface area contributed by atoms with Gasteiger partial charge in [-0.15, -0.1) is 0 Å². The highest BCUT2D eigenvalue weighted by molar-refractivity contribution is 8.13. The van der Waals surface area contributed by atoms with Crippen molar-refractivity contribution in [1.29, 1.82) is 0 Å². The predicted octanol–water partition coefficient (Wildman–Crippen LogP) is 5.83. The van der Waals surface area contributed by atoms with E-state index in [1.807, 2.05) is 42.5 Å². The first-order valence-corrected chi connectivity index (χ1v) is 12.3. The molecule has 0 aliphatic carbocycles. The molecule has 0 radical (unpaired) electrons. The Morgan fingerprint density at radius 3 is 2.68 bits per heavy atom. The molecule has 3 aromatic rings. The van der Waals surface area contributed by atoms with Gasteiger partial charge in [0.15, 0.2) is 11.0 Å². The van der Waals surface area contributed by atoms with Crippen LogP contribution in [0.1, 0.15) is 56.0 Å². The number of thioether (sulfide) groups is 1. The highest BCUT2D eigenvalue weighted by atomic mass is 32.2. The molecule has 34 heavy (non-hydrogen) atoms. The summed E-state index contributed by atoms with van der Waals surface area (Å²) in [6.45, 7) is 6.38. The van der Waals surface area contributed by atoms with Gasteiger partial charge in [-0.25, -0.2) is 4.99 Å². The number of amides is 1. The molecule has 1 aliphatic heterocycles. The lowest BCUT2D eigenvalue weighted by Gasteiger charge is -2.18. The highest BCUT2D eigenvalue weighted by Gasteiger charge is 2.32. The van der Waals surface area contributed by atoms with Crippen molar-refractivity contribution in [2.24, 2.45) is 4.99 Å². The largest absolute Gasteiger partial charge is 0.497 e. The summed E-state index contributed by atoms with van der Waals surface area (Å²) < 4.78 is 10.7. The third kappa shape index (κ3) is 5.39. The number of rotatable bonds is 8. The summed E-state index contributed by atoms with van der Waals surface area (Å²) >= 11 is 1.39. The summed E-state index contributed by atoms with van der Waals surface area (Å²) in [7, 11) is 1.60. The van der Waals surface area contributed by atoms with Gasteiger partial charge in [0.05, 0.1) is 18.6 Å². The fourth-order valence-electron chi connectivity index (χ4n) is 3.51. The maximum atomic E-state index is 13.4. The number of aliphatic imine (C=N–C) groups is 1. The predicted molar refractivity (Wildman–Crippen MR) is 136 cm³/mol. The van der Waals surface area contributed by atoms with Gasteiger partial charge < -0.3 is 9.26 Å². The molecule has 0 atom stereocenters. The second-order valence-corrected chi connectivity index (χ2v) is 9.17. The zero-order chi connectivity index (χ0) is 24.1. The molecule has 0 unspecified atom stereocenters. The van der Waals surface area contributed by atoms with Crippen LogP contribution in [-0.4, -0.2) is 28.3 Å². The van der Waals surface area contributed by atoms with Crippen molar-refractivity contribution in [3.05, 3.63) is 77.1 Å². The van der Waals surface area contributed by atoms with Crippen LogP contribution in [0.4, 0.5) is 5.69 Å². The molecule has 1 amide bonds. The monoisotopic (exact) mass is 476 g/mol. The van der Waals surface area contributed by atoms with Crippen LogP contribution in [0.5, 0.6) is 5.75 Å². The minimum atomic E-state index is -0.194. The number of anilines is 1. The van der Waals surface area contributed by atoms with Crippen molar-refractivity contribution >= 4 is 34.6 Å². The van der Waals surface area contributed by atoms with Crippen molar-refractivity contribution < 1.29 is 14.1 Å². The van der Waals surface area contributed by atoms with Crippen molar-refractivity contribution in [3.8, 4) is 5.75 Å². The van der Waals surface area contributed by atoms with Crippen LogP contribution < -0.4 is 9.64 Å². The smallest absolute Gasteiger partial charge is 0.283 e. The van der Waals surface area contributed by atoms with Gasteiger partial charge in [0.2, 0.25) is 5.89 Å². The first-order chi connectivity index (χ1) is 16.5. The molecule has 7 nitrogen and oxygen atoms in total. The lowest BCUT2D eigenvalue weighted by Crippen LogP contribution is -2.30. The van der Waals surface area contributed by atoms with Crippen LogP contribution in [0, 0.1) is 0 Å². The molecule has 0 spiro atoms. The van der Waals surface area contributed by atoms with E-state index in [0.717, 1.165) is 18.4 Å². The number of aryl methyl sites for hydroxylation is 1. The van der Waals surface area contributed by atoms with Gasteiger partial charge in [0, 0.05) is 12.5 Å². The second kappa shape index (κ2) is 10.7. The summed E-state index contributed by atoms with van der Waals surface area (Å²) in [5.41, 5.74) is 3.24. The number of carbonyl (C=O) groups excluding carboxylic acids is 1. The first kappa shape index (κ1) is 23.8. The summed E-state index contributed by atoms with van der Waals surface area (Å²) in [6.07, 6.45) is 3.54. The van der Waals surface area contributed by atoms with Crippen molar-refractivity contribution in [2.75, 3.05) is 12.0 Å². The summed E-state index contributed by atoms with van der Waals surface area (Å²) in [6, 6.07) is 15.6. The molecule has 0 N–H and O–H groups in total. The topological polar surface area (TPSA) is 80.8 Å². The fourth-order valence-corrected chi connectivity index (χ4v) is 4.36. The van der Waals surface area contributed by atoms with E-state index < -0.39 is 0 Å². The Labute approximate surface area is 203 Å². The quantitative estimate of drug-likeness (QED) is 0.381. The number of benzene rings is 2. The molecule has 0 fully saturated rings. The van der Waals surface area contributed by atoms with E-state index in [4.69, 9.17) is 9.26 Å². The summed E-state index contributed by atoms with van der Waals surface area (Å²) in [5, 5.41) is 4.56. The average molecular weight is 477 g/mol. The Morgan fingerprint density at radius 1 is 1.18 bits per heavy atom. The Bertz CT molecular complexity index is 1210. The van der Waals surface area contributed by atoms with Crippen LogP contribution in [0.3, 0.4) is 0 Å². The molecule has 8 heteroatoms. The van der Waals surface area contributed by atoms with Gasteiger partial charge in [0.1, 0.15) is 11.4 Å². The summed E-state index contributed by atoms with van der Waals surface area (Å²) in [4.78, 5) is 24.1. The molecule has 0 saturated heterocycles. The Morgan fingerprint density at radius 2 is 1.97 bits per heavy atom. The molecule has 4 rings (SSSR count). The number of hydrogen-bond donors (Lipinski definition) is 0. The van der Waals surface area contributed by atoms with Gasteiger partial charge in [0.25, 0.3) is 5.91 Å². The van der Waals surface area contributed by atoms with E-state index in [2.05, 4.69) is 48.0 Å². The normalized spacial score (nSPS) is 14.9. The molecule has 2 heterocycles. The Hall–Kier alpha value is -3.39. The van der Waals surface area contributed by atoms with Crippen LogP contribution >= 0.6 is 11.8 Å². The lowest BCUT2D eigenvalue weighted by molar-refractivity contribution is -0.113. The number of amidine groups is 1. The standard InChI is InChI=1S/C26H28N4O3S/c1-5-7-23-28-24(33-29-23)16-34-26-27-22(14-18-10-12-19(13-11-18)17(2)3)25(31)30(26)20-8-6-9-21(15-20)32-4/h6,8-15,17H,5,7,16H2,1-4H3/b22-14-. The Balaban J connectivity index is 1.63. The van der Waals surface area contributed by atoms with E-state index in [9.17, 15) is 4.79 Å². The number of carbonyl (C=O) groups is 1. The zero-order valence-corrected chi connectivity index (χ0v) is 20.6. The minimum Gasteiger partial charge on any atom is -0.497 e. The maximum absolute atomic E-state index is 13.4. The van der Waals surface area contributed by atoms with E-state index in [0.29, 0.717) is 45.7 Å². The molecule has 1 aromatic heterocycles. The van der Waals surface area contributed by atoms with Gasteiger partial charge in [-0.1, -0.05) is 68.0 Å². The van der Waals surface area contributed by atoms with Crippen LogP contribution in [0.2, 0.25) is 0 Å². The molecular formula is C26H28N4O3S. The fraction of sp³-hybridized carbons (Fsp3) is 0.308. The minimum absolute atomic E-state index is 0.194. The Kier molecular flexibility index (Phi) is 7.47. The van der Waals surface area contributed by atoms with E-state index in [1.165, 1.54) is 17.3 Å². The van der Waals surface area contributed by atoms with E-state index in [-0.39, 0.29) is 5.91 Å². The van der Waals surface area contributed by atoms with E-state index in [1.54, 1.807) is 12.0 Å². The lowest BCUT2D eigenvalue weighted by atomic mass is 10.0. The van der Waals surface area contributed by atoms with E-state index >= 15 is 0 Å². The molecule has 0 saturated carbocycles. The first-order valence-electron chi connectivity index (χ1n) is 11.3. The molecule has 2 aromatic carbocycles. The van der Waals surface area contributed by atoms with Crippen molar-refractivity contribution in [2.45, 2.75) is 45.3 Å². The third-order valence-electron chi connectivity index (χ3n) is 5.36. The molecule has 0 bridgehead atoms. The number of aromatic nitrogens is 2. The number of hydrogen-bond acceptors (Lipinski definition) is 7. The average Bonchev–Trinajstić information content (AvgIpc) is 3.42. The number of nitrogens with zero attached hydrogens (tertiary/aromatic N) is 4. The van der Waals surface area contributed by atoms with Crippen LogP contribution in [-0.2, 0) is 17.0 Å². The van der Waals surface area contributed by atoms with Crippen molar-refractivity contribution in [1.82, 2.24) is 10.1 Å². The number of ether oxygens (including phenoxy) is 1. The van der Waals surface area contributed by atoms with Gasteiger partial charge in [-0.2, -0.15) is 4.98 Å². The molecule has 176 valence electrons. The highest BCUT2D eigenvalue weighted by Crippen LogP contribution is 2.32. The van der Waals surface area contributed by atoms with Gasteiger partial charge >= 0.3 is 0 Å². The molecule has 1 aliphatic rings. The third-order valence-corrected chi connectivity index (χ3v) is 6.28. The number of methoxy groups -OCH3 is 1. The van der Waals surface area contributed by atoms with Gasteiger partial charge in [-0.05, 0) is 41.7 Å². The van der Waals surface area contributed by atoms with Crippen LogP contribution in [0.25, 0.3) is 6.08 Å². The second-order valence-electron chi connectivity index (χ2n) is 8.23. The zero-order valence-electron chi connectivity index (χ0n) is 19.8. The van der Waals surface area contributed by atoms with Crippen molar-refractivity contribution in [3.63, 3.8) is 0 Å².